The molecule has 5 rings (SSSR count). The molecule has 5 nitrogen and oxygen atoms in total. The van der Waals surface area contributed by atoms with Crippen molar-refractivity contribution in [3.63, 3.8) is 0 Å². The molecule has 0 saturated carbocycles. The number of aliphatic imine (C=N–C) groups is 2. The standard InChI is InChI=1S/C24H21N2O3P/c27-30(20-4-2-1-3-5-20,21-10-6-18(7-11-21)23-25-14-16-28-23)22-12-8-19(9-13-22)24-26-15-17-29-24/h1-13H,14-17H2. The van der Waals surface area contributed by atoms with Gasteiger partial charge in [-0.15, -0.1) is 0 Å². The van der Waals surface area contributed by atoms with Crippen molar-refractivity contribution in [3.05, 3.63) is 90.0 Å². The van der Waals surface area contributed by atoms with E-state index in [2.05, 4.69) is 9.98 Å². The SMILES string of the molecule is O=P(c1ccccc1)(c1ccc(C2=NCCO2)cc1)c1ccc(C2=NCCO2)cc1. The highest BCUT2D eigenvalue weighted by Gasteiger charge is 2.30. The third kappa shape index (κ3) is 3.35. The number of rotatable bonds is 5. The topological polar surface area (TPSA) is 60.2 Å². The maximum Gasteiger partial charge on any atom is 0.216 e. The predicted octanol–water partition coefficient (Wildman–Crippen LogP) is 2.88. The minimum Gasteiger partial charge on any atom is -0.476 e. The number of hydrogen-bond acceptors (Lipinski definition) is 5. The average Bonchev–Trinajstić information content (AvgIpc) is 3.54. The molecule has 0 unspecified atom stereocenters. The first-order valence-corrected chi connectivity index (χ1v) is 11.7. The molecule has 6 heteroatoms. The second-order valence-corrected chi connectivity index (χ2v) is 9.88. The van der Waals surface area contributed by atoms with Gasteiger partial charge in [0.25, 0.3) is 0 Å². The maximum atomic E-state index is 14.6. The molecule has 3 aromatic rings. The highest BCUT2D eigenvalue weighted by molar-refractivity contribution is 7.85. The van der Waals surface area contributed by atoms with Crippen LogP contribution in [0.1, 0.15) is 11.1 Å². The molecule has 0 fully saturated rings. The van der Waals surface area contributed by atoms with Gasteiger partial charge in [-0.3, -0.25) is 0 Å². The summed E-state index contributed by atoms with van der Waals surface area (Å²) in [5, 5.41) is 2.35. The zero-order chi connectivity index (χ0) is 20.4. The van der Waals surface area contributed by atoms with Gasteiger partial charge in [-0.25, -0.2) is 9.98 Å². The molecule has 30 heavy (non-hydrogen) atoms. The van der Waals surface area contributed by atoms with Crippen LogP contribution in [0.4, 0.5) is 0 Å². The van der Waals surface area contributed by atoms with E-state index in [1.807, 2.05) is 78.9 Å². The molecule has 2 aliphatic heterocycles. The second-order valence-electron chi connectivity index (χ2n) is 7.11. The van der Waals surface area contributed by atoms with Crippen LogP contribution in [0.15, 0.2) is 88.8 Å². The fourth-order valence-corrected chi connectivity index (χ4v) is 6.36. The van der Waals surface area contributed by atoms with Gasteiger partial charge in [0.1, 0.15) is 13.2 Å². The van der Waals surface area contributed by atoms with Crippen LogP contribution in [-0.2, 0) is 14.0 Å². The first-order valence-electron chi connectivity index (χ1n) is 9.97. The van der Waals surface area contributed by atoms with Crippen molar-refractivity contribution < 1.29 is 14.0 Å². The summed E-state index contributed by atoms with van der Waals surface area (Å²) in [6.07, 6.45) is 0. The molecule has 3 aromatic carbocycles. The Morgan fingerprint density at radius 1 is 0.600 bits per heavy atom. The summed E-state index contributed by atoms with van der Waals surface area (Å²) >= 11 is 0. The Kier molecular flexibility index (Phi) is 4.97. The molecule has 0 bridgehead atoms. The zero-order valence-electron chi connectivity index (χ0n) is 16.4. The smallest absolute Gasteiger partial charge is 0.216 e. The first kappa shape index (κ1) is 18.8. The van der Waals surface area contributed by atoms with Crippen LogP contribution >= 0.6 is 7.14 Å². The van der Waals surface area contributed by atoms with Crippen molar-refractivity contribution in [2.75, 3.05) is 26.3 Å². The Bertz CT molecular complexity index is 1080. The van der Waals surface area contributed by atoms with Crippen LogP contribution < -0.4 is 15.9 Å². The molecule has 2 heterocycles. The number of benzene rings is 3. The van der Waals surface area contributed by atoms with E-state index in [9.17, 15) is 4.57 Å². The lowest BCUT2D eigenvalue weighted by Gasteiger charge is -2.20. The Labute approximate surface area is 175 Å². The van der Waals surface area contributed by atoms with Crippen LogP contribution in [0, 0.1) is 0 Å². The van der Waals surface area contributed by atoms with Gasteiger partial charge in [-0.05, 0) is 24.3 Å². The van der Waals surface area contributed by atoms with Gasteiger partial charge in [-0.1, -0.05) is 54.6 Å². The molecule has 2 aliphatic rings. The number of nitrogens with zero attached hydrogens (tertiary/aromatic N) is 2. The molecule has 0 aliphatic carbocycles. The van der Waals surface area contributed by atoms with E-state index in [1.165, 1.54) is 0 Å². The summed E-state index contributed by atoms with van der Waals surface area (Å²) < 4.78 is 25.7. The van der Waals surface area contributed by atoms with Crippen molar-refractivity contribution in [1.29, 1.82) is 0 Å². The van der Waals surface area contributed by atoms with E-state index in [0.29, 0.717) is 38.1 Å². The Hall–Kier alpha value is -3.17. The lowest BCUT2D eigenvalue weighted by molar-refractivity contribution is 0.348. The molecule has 0 atom stereocenters. The molecular formula is C24H21N2O3P. The summed E-state index contributed by atoms with van der Waals surface area (Å²) in [5.74, 6) is 1.30. The van der Waals surface area contributed by atoms with Gasteiger partial charge in [0.05, 0.1) is 13.1 Å². The predicted molar refractivity (Wildman–Crippen MR) is 121 cm³/mol. The third-order valence-electron chi connectivity index (χ3n) is 5.25. The quantitative estimate of drug-likeness (QED) is 0.601. The van der Waals surface area contributed by atoms with E-state index in [0.717, 1.165) is 27.0 Å². The van der Waals surface area contributed by atoms with E-state index in [1.54, 1.807) is 0 Å². The average molecular weight is 416 g/mol. The van der Waals surface area contributed by atoms with E-state index >= 15 is 0 Å². The highest BCUT2D eigenvalue weighted by Crippen LogP contribution is 2.42. The van der Waals surface area contributed by atoms with Crippen LogP contribution in [0.2, 0.25) is 0 Å². The minimum atomic E-state index is -3.04. The van der Waals surface area contributed by atoms with Crippen LogP contribution in [0.5, 0.6) is 0 Å². The Morgan fingerprint density at radius 3 is 1.43 bits per heavy atom. The van der Waals surface area contributed by atoms with Crippen LogP contribution in [0.3, 0.4) is 0 Å². The largest absolute Gasteiger partial charge is 0.476 e. The summed E-state index contributed by atoms with van der Waals surface area (Å²) in [6, 6.07) is 25.1. The second kappa shape index (κ2) is 7.92. The van der Waals surface area contributed by atoms with Gasteiger partial charge >= 0.3 is 0 Å². The highest BCUT2D eigenvalue weighted by atomic mass is 31.2. The van der Waals surface area contributed by atoms with Crippen LogP contribution in [0.25, 0.3) is 0 Å². The molecule has 0 amide bonds. The molecule has 0 radical (unpaired) electrons. The summed E-state index contributed by atoms with van der Waals surface area (Å²) in [5.41, 5.74) is 1.81. The molecule has 150 valence electrons. The summed E-state index contributed by atoms with van der Waals surface area (Å²) in [7, 11) is -3.04. The summed E-state index contributed by atoms with van der Waals surface area (Å²) in [6.45, 7) is 2.59. The molecule has 0 saturated heterocycles. The van der Waals surface area contributed by atoms with Gasteiger partial charge in [0.2, 0.25) is 11.8 Å². The van der Waals surface area contributed by atoms with Gasteiger partial charge < -0.3 is 14.0 Å². The van der Waals surface area contributed by atoms with Gasteiger partial charge in [0.15, 0.2) is 7.14 Å². The van der Waals surface area contributed by atoms with Crippen molar-refractivity contribution in [1.82, 2.24) is 0 Å². The van der Waals surface area contributed by atoms with E-state index < -0.39 is 7.14 Å². The van der Waals surface area contributed by atoms with E-state index in [4.69, 9.17) is 9.47 Å². The fraction of sp³-hybridized carbons (Fsp3) is 0.167. The first-order chi connectivity index (χ1) is 14.7. The lowest BCUT2D eigenvalue weighted by Crippen LogP contribution is -2.25. The lowest BCUT2D eigenvalue weighted by atomic mass is 10.2. The number of hydrogen-bond donors (Lipinski definition) is 0. The Morgan fingerprint density at radius 2 is 1.03 bits per heavy atom. The zero-order valence-corrected chi connectivity index (χ0v) is 17.3. The normalized spacial score (nSPS) is 15.9. The fourth-order valence-electron chi connectivity index (χ4n) is 3.73. The van der Waals surface area contributed by atoms with Crippen molar-refractivity contribution in [2.24, 2.45) is 9.98 Å². The van der Waals surface area contributed by atoms with Crippen molar-refractivity contribution in [3.8, 4) is 0 Å². The summed E-state index contributed by atoms with van der Waals surface area (Å²) in [4.78, 5) is 8.73. The van der Waals surface area contributed by atoms with E-state index in [-0.39, 0.29) is 0 Å². The van der Waals surface area contributed by atoms with Gasteiger partial charge in [-0.2, -0.15) is 0 Å². The minimum absolute atomic E-state index is 0.612. The molecule has 0 N–H and O–H groups in total. The molecule has 0 spiro atoms. The molecule has 0 aromatic heterocycles. The van der Waals surface area contributed by atoms with Gasteiger partial charge in [0, 0.05) is 27.0 Å². The van der Waals surface area contributed by atoms with Crippen LogP contribution in [-0.4, -0.2) is 38.1 Å². The van der Waals surface area contributed by atoms with Crippen molar-refractivity contribution >= 4 is 34.9 Å². The Balaban J connectivity index is 1.57. The van der Waals surface area contributed by atoms with Crippen molar-refractivity contribution in [2.45, 2.75) is 0 Å². The monoisotopic (exact) mass is 416 g/mol. The third-order valence-corrected chi connectivity index (χ3v) is 8.32. The number of ether oxygens (including phenoxy) is 2. The maximum absolute atomic E-state index is 14.6. The molecular weight excluding hydrogens is 395 g/mol.